The predicted molar refractivity (Wildman–Crippen MR) is 45.8 cm³/mol. The van der Waals surface area contributed by atoms with Gasteiger partial charge in [-0.3, -0.25) is 0 Å². The topological polar surface area (TPSA) is 0 Å². The van der Waals surface area contributed by atoms with E-state index in [0.29, 0.717) is 5.75 Å². The van der Waals surface area contributed by atoms with E-state index in [1.165, 1.54) is 19.3 Å². The van der Waals surface area contributed by atoms with Gasteiger partial charge in [0.05, 0.1) is 5.75 Å². The normalized spacial score (nSPS) is 8.22. The molecule has 0 unspecified atom stereocenters. The van der Waals surface area contributed by atoms with Crippen molar-refractivity contribution < 1.29 is 0 Å². The average Bonchev–Trinajstić information content (AvgIpc) is 1.89. The summed E-state index contributed by atoms with van der Waals surface area (Å²) in [5.74, 6) is 6.67. The molecule has 0 aliphatic heterocycles. The summed E-state index contributed by atoms with van der Waals surface area (Å²) in [4.78, 5) is 0. The van der Waals surface area contributed by atoms with Crippen LogP contribution in [0.5, 0.6) is 0 Å². The fraction of sp³-hybridized carbons (Fsp3) is 0.750. The van der Waals surface area contributed by atoms with Crippen LogP contribution in [0.4, 0.5) is 0 Å². The minimum Gasteiger partial charge on any atom is -0.166 e. The number of hydrogen-bond donors (Lipinski definition) is 1. The van der Waals surface area contributed by atoms with E-state index in [4.69, 9.17) is 0 Å². The fourth-order valence-corrected chi connectivity index (χ4v) is 0.719. The van der Waals surface area contributed by atoms with Gasteiger partial charge in [0.15, 0.2) is 0 Å². The van der Waals surface area contributed by atoms with Crippen LogP contribution in [0.25, 0.3) is 0 Å². The molecule has 0 aromatic rings. The van der Waals surface area contributed by atoms with E-state index in [9.17, 15) is 0 Å². The molecule has 0 aliphatic rings. The quantitative estimate of drug-likeness (QED) is 0.349. The Bertz CT molecular complexity index is 96.9. The molecule has 0 aromatic carbocycles. The first kappa shape index (κ1) is 8.91. The molecule has 0 radical (unpaired) electrons. The van der Waals surface area contributed by atoms with Crippen molar-refractivity contribution in [2.24, 2.45) is 0 Å². The monoisotopic (exact) mass is 142 g/mol. The molecule has 0 bridgehead atoms. The third-order valence-corrected chi connectivity index (χ3v) is 1.27. The molecule has 0 aliphatic carbocycles. The highest BCUT2D eigenvalue weighted by Crippen LogP contribution is 1.96. The minimum absolute atomic E-state index is 0.701. The SMILES string of the molecule is CCCCCC#CCS. The number of rotatable bonds is 3. The van der Waals surface area contributed by atoms with Gasteiger partial charge in [-0.15, -0.1) is 5.92 Å². The van der Waals surface area contributed by atoms with Crippen molar-refractivity contribution in [2.75, 3.05) is 5.75 Å². The van der Waals surface area contributed by atoms with Crippen LogP contribution in [0, 0.1) is 11.8 Å². The van der Waals surface area contributed by atoms with E-state index in [-0.39, 0.29) is 0 Å². The first-order chi connectivity index (χ1) is 4.41. The van der Waals surface area contributed by atoms with E-state index < -0.39 is 0 Å². The summed E-state index contributed by atoms with van der Waals surface area (Å²) in [6, 6.07) is 0. The molecular formula is C8H14S. The maximum Gasteiger partial charge on any atom is 0.0517 e. The number of unbranched alkanes of at least 4 members (excludes halogenated alkanes) is 3. The lowest BCUT2D eigenvalue weighted by Crippen LogP contribution is -1.71. The van der Waals surface area contributed by atoms with Crippen LogP contribution >= 0.6 is 12.6 Å². The molecule has 0 spiro atoms. The van der Waals surface area contributed by atoms with Crippen LogP contribution in [-0.2, 0) is 0 Å². The molecule has 0 heterocycles. The molecule has 0 aromatic heterocycles. The fourth-order valence-electron chi connectivity index (χ4n) is 0.608. The Kier molecular flexibility index (Phi) is 7.83. The van der Waals surface area contributed by atoms with Gasteiger partial charge >= 0.3 is 0 Å². The summed E-state index contributed by atoms with van der Waals surface area (Å²) < 4.78 is 0. The lowest BCUT2D eigenvalue weighted by molar-refractivity contribution is 0.737. The molecule has 0 N–H and O–H groups in total. The van der Waals surface area contributed by atoms with Crippen LogP contribution in [0.1, 0.15) is 32.6 Å². The van der Waals surface area contributed by atoms with E-state index in [1.54, 1.807) is 0 Å². The van der Waals surface area contributed by atoms with Crippen LogP contribution < -0.4 is 0 Å². The Balaban J connectivity index is 2.90. The van der Waals surface area contributed by atoms with Gasteiger partial charge in [-0.25, -0.2) is 0 Å². The van der Waals surface area contributed by atoms with Crippen molar-refractivity contribution in [2.45, 2.75) is 32.6 Å². The molecule has 0 nitrogen and oxygen atoms in total. The molecule has 0 saturated carbocycles. The second-order valence-electron chi connectivity index (χ2n) is 1.97. The molecule has 0 saturated heterocycles. The van der Waals surface area contributed by atoms with Crippen LogP contribution in [-0.4, -0.2) is 5.75 Å². The molecule has 0 rings (SSSR count). The third-order valence-electron chi connectivity index (χ3n) is 1.11. The van der Waals surface area contributed by atoms with E-state index >= 15 is 0 Å². The molecule has 52 valence electrons. The summed E-state index contributed by atoms with van der Waals surface area (Å²) >= 11 is 3.97. The van der Waals surface area contributed by atoms with E-state index in [1.807, 2.05) is 0 Å². The molecule has 0 fully saturated rings. The molecule has 0 atom stereocenters. The smallest absolute Gasteiger partial charge is 0.0517 e. The zero-order valence-electron chi connectivity index (χ0n) is 5.98. The van der Waals surface area contributed by atoms with Gasteiger partial charge in [0.1, 0.15) is 0 Å². The van der Waals surface area contributed by atoms with Crippen molar-refractivity contribution in [3.05, 3.63) is 0 Å². The van der Waals surface area contributed by atoms with Crippen molar-refractivity contribution in [3.8, 4) is 11.8 Å². The highest BCUT2D eigenvalue weighted by molar-refractivity contribution is 7.80. The second kappa shape index (κ2) is 7.91. The zero-order chi connectivity index (χ0) is 6.95. The van der Waals surface area contributed by atoms with Crippen LogP contribution in [0.3, 0.4) is 0 Å². The second-order valence-corrected chi connectivity index (χ2v) is 2.29. The van der Waals surface area contributed by atoms with Crippen molar-refractivity contribution >= 4 is 12.6 Å². The summed E-state index contributed by atoms with van der Waals surface area (Å²) in [5, 5.41) is 0. The Labute approximate surface area is 63.4 Å². The first-order valence-corrected chi connectivity index (χ1v) is 4.11. The summed E-state index contributed by atoms with van der Waals surface area (Å²) in [6.07, 6.45) is 4.88. The van der Waals surface area contributed by atoms with Crippen LogP contribution in [0.15, 0.2) is 0 Å². The Hall–Kier alpha value is -0.0900. The first-order valence-electron chi connectivity index (χ1n) is 3.48. The highest BCUT2D eigenvalue weighted by atomic mass is 32.1. The maximum atomic E-state index is 3.97. The Morgan fingerprint density at radius 2 is 2.00 bits per heavy atom. The predicted octanol–water partition coefficient (Wildman–Crippen LogP) is 2.50. The van der Waals surface area contributed by atoms with Crippen molar-refractivity contribution in [1.29, 1.82) is 0 Å². The van der Waals surface area contributed by atoms with Gasteiger partial charge in [-0.2, -0.15) is 12.6 Å². The van der Waals surface area contributed by atoms with Gasteiger partial charge in [-0.05, 0) is 6.42 Å². The van der Waals surface area contributed by atoms with Crippen molar-refractivity contribution in [1.82, 2.24) is 0 Å². The molecule has 9 heavy (non-hydrogen) atoms. The van der Waals surface area contributed by atoms with Gasteiger partial charge < -0.3 is 0 Å². The zero-order valence-corrected chi connectivity index (χ0v) is 6.88. The summed E-state index contributed by atoms with van der Waals surface area (Å²) in [6.45, 7) is 2.20. The van der Waals surface area contributed by atoms with Gasteiger partial charge in [0, 0.05) is 6.42 Å². The molecular weight excluding hydrogens is 128 g/mol. The standard InChI is InChI=1S/C8H14S/c1-2-3-4-5-6-7-8-9/h9H,2-5,8H2,1H3. The average molecular weight is 142 g/mol. The van der Waals surface area contributed by atoms with E-state index in [2.05, 4.69) is 31.4 Å². The summed E-state index contributed by atoms with van der Waals surface area (Å²) in [7, 11) is 0. The van der Waals surface area contributed by atoms with Gasteiger partial charge in [0.2, 0.25) is 0 Å². The number of hydrogen-bond acceptors (Lipinski definition) is 1. The number of thiol groups is 1. The van der Waals surface area contributed by atoms with Crippen molar-refractivity contribution in [3.63, 3.8) is 0 Å². The Morgan fingerprint density at radius 3 is 2.56 bits per heavy atom. The molecule has 0 amide bonds. The lowest BCUT2D eigenvalue weighted by Gasteiger charge is -1.87. The Morgan fingerprint density at radius 1 is 1.22 bits per heavy atom. The van der Waals surface area contributed by atoms with Gasteiger partial charge in [0.25, 0.3) is 0 Å². The van der Waals surface area contributed by atoms with E-state index in [0.717, 1.165) is 6.42 Å². The molecule has 1 heteroatoms. The third kappa shape index (κ3) is 7.91. The van der Waals surface area contributed by atoms with Crippen LogP contribution in [0.2, 0.25) is 0 Å². The van der Waals surface area contributed by atoms with Gasteiger partial charge in [-0.1, -0.05) is 25.7 Å². The highest BCUT2D eigenvalue weighted by Gasteiger charge is 1.79. The largest absolute Gasteiger partial charge is 0.166 e. The minimum atomic E-state index is 0.701. The maximum absolute atomic E-state index is 3.97. The summed E-state index contributed by atoms with van der Waals surface area (Å²) in [5.41, 5.74) is 0. The lowest BCUT2D eigenvalue weighted by atomic mass is 10.2.